The van der Waals surface area contributed by atoms with E-state index in [-0.39, 0.29) is 12.5 Å². The van der Waals surface area contributed by atoms with Crippen LogP contribution in [0.4, 0.5) is 5.69 Å². The molecule has 3 heterocycles. The Balaban J connectivity index is 1.85. The molecule has 5 rings (SSSR count). The van der Waals surface area contributed by atoms with Crippen molar-refractivity contribution >= 4 is 38.4 Å². The number of benzene rings is 2. The third-order valence-electron chi connectivity index (χ3n) is 5.40. The molecule has 1 spiro atoms. The second-order valence-corrected chi connectivity index (χ2v) is 7.58. The lowest BCUT2D eigenvalue weighted by molar-refractivity contribution is -0.123. The first-order valence-electron chi connectivity index (χ1n) is 8.51. The van der Waals surface area contributed by atoms with Crippen LogP contribution in [0, 0.1) is 11.3 Å². The highest BCUT2D eigenvalue weighted by molar-refractivity contribution is 9.10. The molecule has 0 bridgehead atoms. The average molecular weight is 407 g/mol. The van der Waals surface area contributed by atoms with Crippen molar-refractivity contribution in [1.29, 1.82) is 5.26 Å². The SMILES string of the molecule is N#CCN1C(=O)C2(NCCc3c2[nH]c2ccccc32)c2cc(Br)ccc21. The molecular formula is C20H15BrN4O. The molecule has 2 aliphatic heterocycles. The van der Waals surface area contributed by atoms with Gasteiger partial charge in [-0.3, -0.25) is 15.0 Å². The summed E-state index contributed by atoms with van der Waals surface area (Å²) in [5, 5.41) is 13.9. The van der Waals surface area contributed by atoms with E-state index in [9.17, 15) is 10.1 Å². The van der Waals surface area contributed by atoms with Crippen LogP contribution >= 0.6 is 15.9 Å². The first-order chi connectivity index (χ1) is 12.7. The number of halogens is 1. The van der Waals surface area contributed by atoms with Gasteiger partial charge in [-0.15, -0.1) is 0 Å². The molecule has 0 fully saturated rings. The summed E-state index contributed by atoms with van der Waals surface area (Å²) in [6.07, 6.45) is 0.857. The van der Waals surface area contributed by atoms with E-state index in [2.05, 4.69) is 38.4 Å². The van der Waals surface area contributed by atoms with Crippen molar-refractivity contribution in [2.24, 2.45) is 0 Å². The maximum Gasteiger partial charge on any atom is 0.259 e. The minimum atomic E-state index is -0.970. The predicted molar refractivity (Wildman–Crippen MR) is 103 cm³/mol. The van der Waals surface area contributed by atoms with Crippen LogP contribution in [0.15, 0.2) is 46.9 Å². The van der Waals surface area contributed by atoms with Gasteiger partial charge < -0.3 is 4.98 Å². The standard InChI is InChI=1S/C20H15BrN4O/c21-12-5-6-17-15(11-12)20(19(26)25(17)10-8-22)18-14(7-9-23-20)13-3-1-2-4-16(13)24-18/h1-6,11,23-24H,7,9-10H2. The van der Waals surface area contributed by atoms with Gasteiger partial charge in [0.2, 0.25) is 0 Å². The number of carbonyl (C=O) groups excluding carboxylic acids is 1. The average Bonchev–Trinajstić information content (AvgIpc) is 3.14. The number of nitrogens with zero attached hydrogens (tertiary/aromatic N) is 2. The smallest absolute Gasteiger partial charge is 0.259 e. The van der Waals surface area contributed by atoms with Crippen molar-refractivity contribution in [3.63, 3.8) is 0 Å². The molecule has 6 heteroatoms. The van der Waals surface area contributed by atoms with Gasteiger partial charge >= 0.3 is 0 Å². The van der Waals surface area contributed by atoms with Gasteiger partial charge in [-0.05, 0) is 36.2 Å². The Morgan fingerprint density at radius 2 is 2.12 bits per heavy atom. The Labute approximate surface area is 158 Å². The van der Waals surface area contributed by atoms with Crippen LogP contribution in [0.2, 0.25) is 0 Å². The minimum Gasteiger partial charge on any atom is -0.356 e. The third-order valence-corrected chi connectivity index (χ3v) is 5.90. The Hall–Kier alpha value is -2.62. The zero-order valence-corrected chi connectivity index (χ0v) is 15.4. The van der Waals surface area contributed by atoms with Crippen LogP contribution in [0.3, 0.4) is 0 Å². The lowest BCUT2D eigenvalue weighted by Crippen LogP contribution is -2.55. The molecule has 5 nitrogen and oxygen atoms in total. The largest absolute Gasteiger partial charge is 0.356 e. The summed E-state index contributed by atoms with van der Waals surface area (Å²) >= 11 is 3.54. The third kappa shape index (κ3) is 1.84. The van der Waals surface area contributed by atoms with E-state index in [1.165, 1.54) is 5.56 Å². The van der Waals surface area contributed by atoms with Gasteiger partial charge in [-0.1, -0.05) is 34.1 Å². The molecule has 0 radical (unpaired) electrons. The van der Waals surface area contributed by atoms with Gasteiger partial charge in [0.25, 0.3) is 5.91 Å². The summed E-state index contributed by atoms with van der Waals surface area (Å²) in [4.78, 5) is 18.6. The molecule has 3 aromatic rings. The van der Waals surface area contributed by atoms with Crippen LogP contribution in [-0.2, 0) is 16.8 Å². The number of hydrogen-bond acceptors (Lipinski definition) is 3. The maximum absolute atomic E-state index is 13.6. The van der Waals surface area contributed by atoms with Crippen LogP contribution in [0.5, 0.6) is 0 Å². The number of aromatic nitrogens is 1. The number of amides is 1. The molecule has 1 atom stereocenters. The van der Waals surface area contributed by atoms with Crippen molar-refractivity contribution in [3.8, 4) is 6.07 Å². The fraction of sp³-hybridized carbons (Fsp3) is 0.200. The maximum atomic E-state index is 13.6. The molecule has 2 N–H and O–H groups in total. The number of hydrogen-bond donors (Lipinski definition) is 2. The zero-order chi connectivity index (χ0) is 17.9. The topological polar surface area (TPSA) is 71.9 Å². The van der Waals surface area contributed by atoms with Crippen molar-refractivity contribution in [1.82, 2.24) is 10.3 Å². The van der Waals surface area contributed by atoms with Crippen LogP contribution in [-0.4, -0.2) is 24.0 Å². The molecule has 2 aromatic carbocycles. The molecule has 128 valence electrons. The number of H-pyrrole nitrogens is 1. The van der Waals surface area contributed by atoms with Gasteiger partial charge in [-0.2, -0.15) is 5.26 Å². The predicted octanol–water partition coefficient (Wildman–Crippen LogP) is 3.19. The van der Waals surface area contributed by atoms with Gasteiger partial charge in [0, 0.05) is 27.5 Å². The second kappa shape index (κ2) is 5.44. The molecule has 1 unspecified atom stereocenters. The normalized spacial score (nSPS) is 21.1. The van der Waals surface area contributed by atoms with E-state index in [1.54, 1.807) is 4.90 Å². The number of anilines is 1. The lowest BCUT2D eigenvalue weighted by Gasteiger charge is -2.34. The zero-order valence-electron chi connectivity index (χ0n) is 13.8. The van der Waals surface area contributed by atoms with E-state index < -0.39 is 5.54 Å². The van der Waals surface area contributed by atoms with E-state index in [0.29, 0.717) is 6.54 Å². The number of aromatic amines is 1. The first-order valence-corrected chi connectivity index (χ1v) is 9.30. The molecule has 0 aliphatic carbocycles. The number of nitrogens with one attached hydrogen (secondary N) is 2. The molecule has 1 amide bonds. The van der Waals surface area contributed by atoms with Gasteiger partial charge in [0.1, 0.15) is 6.54 Å². The van der Waals surface area contributed by atoms with Crippen LogP contribution < -0.4 is 10.2 Å². The number of carbonyl (C=O) groups is 1. The summed E-state index contributed by atoms with van der Waals surface area (Å²) < 4.78 is 0.910. The number of rotatable bonds is 1. The van der Waals surface area contributed by atoms with Crippen molar-refractivity contribution in [2.45, 2.75) is 12.0 Å². The number of fused-ring (bicyclic) bond motifs is 6. The van der Waals surface area contributed by atoms with Gasteiger partial charge in [0.05, 0.1) is 17.5 Å². The fourth-order valence-electron chi connectivity index (χ4n) is 4.35. The molecule has 0 saturated carbocycles. The van der Waals surface area contributed by atoms with E-state index in [1.807, 2.05) is 36.4 Å². The molecule has 0 saturated heterocycles. The summed E-state index contributed by atoms with van der Waals surface area (Å²) in [6, 6.07) is 16.1. The molecule has 2 aliphatic rings. The summed E-state index contributed by atoms with van der Waals surface area (Å²) in [6.45, 7) is 0.736. The highest BCUT2D eigenvalue weighted by atomic mass is 79.9. The Morgan fingerprint density at radius 1 is 1.27 bits per heavy atom. The minimum absolute atomic E-state index is 0.0342. The van der Waals surface area contributed by atoms with Gasteiger partial charge in [0.15, 0.2) is 5.54 Å². The molecular weight excluding hydrogens is 392 g/mol. The molecule has 26 heavy (non-hydrogen) atoms. The highest BCUT2D eigenvalue weighted by Gasteiger charge is 2.55. The number of nitriles is 1. The summed E-state index contributed by atoms with van der Waals surface area (Å²) in [5.41, 5.74) is 3.82. The first kappa shape index (κ1) is 15.6. The summed E-state index contributed by atoms with van der Waals surface area (Å²) in [5.74, 6) is -0.0975. The number of para-hydroxylation sites is 1. The Bertz CT molecular complexity index is 1110. The monoisotopic (exact) mass is 406 g/mol. The van der Waals surface area contributed by atoms with Crippen molar-refractivity contribution in [2.75, 3.05) is 18.0 Å². The molecule has 1 aromatic heterocycles. The quantitative estimate of drug-likeness (QED) is 0.609. The Kier molecular flexibility index (Phi) is 3.27. The van der Waals surface area contributed by atoms with E-state index in [0.717, 1.165) is 38.7 Å². The highest BCUT2D eigenvalue weighted by Crippen LogP contribution is 2.48. The van der Waals surface area contributed by atoms with Crippen LogP contribution in [0.1, 0.15) is 16.8 Å². The van der Waals surface area contributed by atoms with Crippen LogP contribution in [0.25, 0.3) is 10.9 Å². The second-order valence-electron chi connectivity index (χ2n) is 6.66. The Morgan fingerprint density at radius 3 is 2.96 bits per heavy atom. The van der Waals surface area contributed by atoms with Gasteiger partial charge in [-0.25, -0.2) is 0 Å². The van der Waals surface area contributed by atoms with E-state index >= 15 is 0 Å². The van der Waals surface area contributed by atoms with Crippen molar-refractivity contribution < 1.29 is 4.79 Å². The van der Waals surface area contributed by atoms with Crippen molar-refractivity contribution in [3.05, 3.63) is 63.8 Å². The fourth-order valence-corrected chi connectivity index (χ4v) is 4.72. The summed E-state index contributed by atoms with van der Waals surface area (Å²) in [7, 11) is 0. The van der Waals surface area contributed by atoms with E-state index in [4.69, 9.17) is 0 Å². The lowest BCUT2D eigenvalue weighted by atomic mass is 9.82.